The first-order chi connectivity index (χ1) is 9.29. The molecule has 1 saturated heterocycles. The summed E-state index contributed by atoms with van der Waals surface area (Å²) in [6.07, 6.45) is 1.26. The number of furan rings is 1. The van der Waals surface area contributed by atoms with Gasteiger partial charge in [-0.15, -0.1) is 0 Å². The number of sulfonamides is 1. The Morgan fingerprint density at radius 3 is 2.40 bits per heavy atom. The minimum Gasteiger partial charge on any atom is -0.447 e. The Bertz CT molecular complexity index is 541. The van der Waals surface area contributed by atoms with E-state index in [9.17, 15) is 8.42 Å². The fourth-order valence-electron chi connectivity index (χ4n) is 2.90. The van der Waals surface area contributed by atoms with Gasteiger partial charge < -0.3 is 4.42 Å². The largest absolute Gasteiger partial charge is 0.447 e. The van der Waals surface area contributed by atoms with E-state index in [1.54, 1.807) is 12.1 Å². The van der Waals surface area contributed by atoms with Crippen LogP contribution in [0, 0.1) is 11.8 Å². The monoisotopic (exact) mass is 300 g/mol. The predicted molar refractivity (Wildman–Crippen MR) is 77.8 cm³/mol. The first-order valence-corrected chi connectivity index (χ1v) is 8.46. The first-order valence-electron chi connectivity index (χ1n) is 7.02. The van der Waals surface area contributed by atoms with Crippen molar-refractivity contribution in [1.82, 2.24) is 9.21 Å². The lowest BCUT2D eigenvalue weighted by Gasteiger charge is -2.34. The number of hydrogen-bond acceptors (Lipinski definition) is 4. The van der Waals surface area contributed by atoms with Gasteiger partial charge in [-0.05, 0) is 30.4 Å². The van der Waals surface area contributed by atoms with Crippen LogP contribution in [-0.2, 0) is 16.6 Å². The zero-order valence-corrected chi connectivity index (χ0v) is 13.5. The number of piperidine rings is 1. The van der Waals surface area contributed by atoms with Gasteiger partial charge in [0.05, 0.1) is 6.54 Å². The van der Waals surface area contributed by atoms with Crippen molar-refractivity contribution < 1.29 is 12.8 Å². The van der Waals surface area contributed by atoms with Crippen molar-refractivity contribution in [3.05, 3.63) is 17.9 Å². The highest BCUT2D eigenvalue weighted by Crippen LogP contribution is 2.24. The average molecular weight is 300 g/mol. The molecule has 2 heterocycles. The molecule has 0 N–H and O–H groups in total. The maximum absolute atomic E-state index is 12.0. The molecular formula is C14H24N2O3S. The zero-order chi connectivity index (χ0) is 14.9. The Labute approximate surface area is 121 Å². The molecule has 6 heteroatoms. The number of hydrogen-bond donors (Lipinski definition) is 0. The lowest BCUT2D eigenvalue weighted by molar-refractivity contribution is 0.124. The summed E-state index contributed by atoms with van der Waals surface area (Å²) in [6.45, 7) is 7.28. The van der Waals surface area contributed by atoms with Crippen molar-refractivity contribution in [3.63, 3.8) is 0 Å². The van der Waals surface area contributed by atoms with Gasteiger partial charge in [-0.25, -0.2) is 12.7 Å². The lowest BCUT2D eigenvalue weighted by Crippen LogP contribution is -2.38. The lowest BCUT2D eigenvalue weighted by atomic mass is 9.92. The summed E-state index contributed by atoms with van der Waals surface area (Å²) in [5.41, 5.74) is 0. The smallest absolute Gasteiger partial charge is 0.275 e. The van der Waals surface area contributed by atoms with E-state index >= 15 is 0 Å². The van der Waals surface area contributed by atoms with Crippen LogP contribution in [0.25, 0.3) is 0 Å². The van der Waals surface area contributed by atoms with Crippen LogP contribution in [0.3, 0.4) is 0 Å². The Kier molecular flexibility index (Phi) is 4.56. The van der Waals surface area contributed by atoms with E-state index in [4.69, 9.17) is 4.42 Å². The molecule has 1 fully saturated rings. The van der Waals surface area contributed by atoms with Crippen molar-refractivity contribution in [1.29, 1.82) is 0 Å². The van der Waals surface area contributed by atoms with Crippen LogP contribution < -0.4 is 0 Å². The van der Waals surface area contributed by atoms with E-state index in [2.05, 4.69) is 18.7 Å². The SMILES string of the molecule is C[C@H]1C[C@H](C)CN(Cc2ccc(S(=O)(=O)N(C)C)o2)C1. The summed E-state index contributed by atoms with van der Waals surface area (Å²) in [5, 5.41) is 0.0237. The Morgan fingerprint density at radius 2 is 1.85 bits per heavy atom. The molecule has 0 radical (unpaired) electrons. The number of likely N-dealkylation sites (tertiary alicyclic amines) is 1. The third kappa shape index (κ3) is 3.42. The molecule has 2 atom stereocenters. The molecule has 0 aliphatic carbocycles. The van der Waals surface area contributed by atoms with Crippen LogP contribution >= 0.6 is 0 Å². The van der Waals surface area contributed by atoms with Crippen molar-refractivity contribution in [2.24, 2.45) is 11.8 Å². The van der Waals surface area contributed by atoms with Crippen LogP contribution in [0.1, 0.15) is 26.0 Å². The standard InChI is InChI=1S/C14H24N2O3S/c1-11-7-12(2)9-16(8-11)10-13-5-6-14(19-13)20(17,18)15(3)4/h5-6,11-12H,7-10H2,1-4H3/t11-,12-/m0/s1. The zero-order valence-electron chi connectivity index (χ0n) is 12.7. The summed E-state index contributed by atoms with van der Waals surface area (Å²) < 4.78 is 30.6. The first kappa shape index (κ1) is 15.5. The van der Waals surface area contributed by atoms with Gasteiger partial charge in [0.2, 0.25) is 5.09 Å². The van der Waals surface area contributed by atoms with Gasteiger partial charge in [0.25, 0.3) is 10.0 Å². The fraction of sp³-hybridized carbons (Fsp3) is 0.714. The van der Waals surface area contributed by atoms with Gasteiger partial charge >= 0.3 is 0 Å². The third-order valence-electron chi connectivity index (χ3n) is 3.70. The molecule has 2 rings (SSSR count). The van der Waals surface area contributed by atoms with Crippen LogP contribution in [0.2, 0.25) is 0 Å². The second kappa shape index (κ2) is 5.87. The highest BCUT2D eigenvalue weighted by atomic mass is 32.2. The van der Waals surface area contributed by atoms with Crippen molar-refractivity contribution in [3.8, 4) is 0 Å². The van der Waals surface area contributed by atoms with E-state index in [1.165, 1.54) is 24.8 Å². The molecule has 1 aromatic heterocycles. The van der Waals surface area contributed by atoms with E-state index in [-0.39, 0.29) is 5.09 Å². The van der Waals surface area contributed by atoms with Gasteiger partial charge in [0, 0.05) is 27.2 Å². The van der Waals surface area contributed by atoms with E-state index < -0.39 is 10.0 Å². The van der Waals surface area contributed by atoms with Crippen LogP contribution in [0.15, 0.2) is 21.6 Å². The summed E-state index contributed by atoms with van der Waals surface area (Å²) in [4.78, 5) is 2.34. The molecule has 1 aliphatic rings. The minimum atomic E-state index is -3.47. The van der Waals surface area contributed by atoms with Crippen molar-refractivity contribution in [2.45, 2.75) is 31.9 Å². The maximum atomic E-state index is 12.0. The molecule has 114 valence electrons. The molecule has 5 nitrogen and oxygen atoms in total. The summed E-state index contributed by atoms with van der Waals surface area (Å²) in [7, 11) is -0.459. The number of rotatable bonds is 4. The molecule has 1 aliphatic heterocycles. The quantitative estimate of drug-likeness (QED) is 0.853. The third-order valence-corrected chi connectivity index (χ3v) is 5.39. The van der Waals surface area contributed by atoms with Gasteiger partial charge in [0.1, 0.15) is 5.76 Å². The van der Waals surface area contributed by atoms with Crippen molar-refractivity contribution >= 4 is 10.0 Å². The topological polar surface area (TPSA) is 53.8 Å². The Balaban J connectivity index is 2.07. The average Bonchev–Trinajstić information content (AvgIpc) is 2.76. The molecule has 0 saturated carbocycles. The molecule has 1 aromatic rings. The Morgan fingerprint density at radius 1 is 1.25 bits per heavy atom. The minimum absolute atomic E-state index is 0.0237. The van der Waals surface area contributed by atoms with Gasteiger partial charge in [-0.2, -0.15) is 0 Å². The van der Waals surface area contributed by atoms with Crippen LogP contribution in [0.5, 0.6) is 0 Å². The van der Waals surface area contributed by atoms with Gasteiger partial charge in [-0.3, -0.25) is 4.90 Å². The van der Waals surface area contributed by atoms with E-state index in [0.717, 1.165) is 13.1 Å². The summed E-state index contributed by atoms with van der Waals surface area (Å²) in [6, 6.07) is 3.31. The molecule has 0 unspecified atom stereocenters. The molecule has 0 aromatic carbocycles. The molecule has 0 amide bonds. The summed E-state index contributed by atoms with van der Waals surface area (Å²) >= 11 is 0. The van der Waals surface area contributed by atoms with E-state index in [1.807, 2.05) is 0 Å². The predicted octanol–water partition coefficient (Wildman–Crippen LogP) is 2.01. The molecular weight excluding hydrogens is 276 g/mol. The molecule has 20 heavy (non-hydrogen) atoms. The maximum Gasteiger partial charge on any atom is 0.275 e. The molecule has 0 bridgehead atoms. The Hall–Kier alpha value is -0.850. The highest BCUT2D eigenvalue weighted by molar-refractivity contribution is 7.88. The molecule has 0 spiro atoms. The number of nitrogens with zero attached hydrogens (tertiary/aromatic N) is 2. The van der Waals surface area contributed by atoms with Crippen molar-refractivity contribution in [2.75, 3.05) is 27.2 Å². The van der Waals surface area contributed by atoms with Crippen LogP contribution in [-0.4, -0.2) is 44.8 Å². The fourth-order valence-corrected chi connectivity index (χ4v) is 3.72. The van der Waals surface area contributed by atoms with Gasteiger partial charge in [0.15, 0.2) is 0 Å². The highest BCUT2D eigenvalue weighted by Gasteiger charge is 2.25. The second-order valence-corrected chi connectivity index (χ2v) is 8.23. The van der Waals surface area contributed by atoms with Gasteiger partial charge in [-0.1, -0.05) is 13.8 Å². The summed E-state index contributed by atoms with van der Waals surface area (Å²) in [5.74, 6) is 2.07. The van der Waals surface area contributed by atoms with E-state index in [0.29, 0.717) is 24.1 Å². The van der Waals surface area contributed by atoms with Crippen LogP contribution in [0.4, 0.5) is 0 Å². The second-order valence-electron chi connectivity index (χ2n) is 6.15. The normalized spacial score (nSPS) is 25.2.